The van der Waals surface area contributed by atoms with E-state index in [0.29, 0.717) is 0 Å². The van der Waals surface area contributed by atoms with E-state index in [1.165, 1.54) is 5.56 Å². The van der Waals surface area contributed by atoms with Gasteiger partial charge in [-0.05, 0) is 61.2 Å². The second-order valence-corrected chi connectivity index (χ2v) is 8.79. The number of nitrogens with zero attached hydrogens (tertiary/aromatic N) is 3. The third kappa shape index (κ3) is 6.81. The maximum Gasteiger partial charge on any atom is 0.322 e. The Morgan fingerprint density at radius 3 is 2.44 bits per heavy atom. The van der Waals surface area contributed by atoms with Crippen molar-refractivity contribution in [1.29, 1.82) is 0 Å². The summed E-state index contributed by atoms with van der Waals surface area (Å²) in [5.41, 5.74) is 2.02. The lowest BCUT2D eigenvalue weighted by Crippen LogP contribution is -2.49. The van der Waals surface area contributed by atoms with Gasteiger partial charge in [-0.1, -0.05) is 43.7 Å². The Kier molecular flexibility index (Phi) is 8.52. The summed E-state index contributed by atoms with van der Waals surface area (Å²) in [5.74, 6) is 1.69. The molecule has 0 saturated carbocycles. The van der Waals surface area contributed by atoms with Crippen molar-refractivity contribution in [3.63, 3.8) is 0 Å². The van der Waals surface area contributed by atoms with Crippen LogP contribution in [0, 0.1) is 0 Å². The van der Waals surface area contributed by atoms with Crippen LogP contribution in [0.2, 0.25) is 0 Å². The highest BCUT2D eigenvalue weighted by Crippen LogP contribution is 2.23. The number of carbonyl (C=O) groups excluding carboxylic acids is 1. The number of anilines is 1. The maximum atomic E-state index is 13.0. The van der Waals surface area contributed by atoms with E-state index in [1.807, 2.05) is 59.5 Å². The minimum atomic E-state index is -0.0195. The first kappa shape index (κ1) is 23.8. The summed E-state index contributed by atoms with van der Waals surface area (Å²) < 4.78 is 5.90. The van der Waals surface area contributed by atoms with Crippen molar-refractivity contribution < 1.29 is 9.53 Å². The molecule has 6 nitrogen and oxygen atoms in total. The van der Waals surface area contributed by atoms with Crippen molar-refractivity contribution in [2.45, 2.75) is 45.2 Å². The number of ether oxygens (including phenoxy) is 1. The van der Waals surface area contributed by atoms with Crippen LogP contribution in [0.5, 0.6) is 11.5 Å². The molecule has 34 heavy (non-hydrogen) atoms. The lowest BCUT2D eigenvalue weighted by molar-refractivity contribution is 0.122. The van der Waals surface area contributed by atoms with Gasteiger partial charge in [-0.2, -0.15) is 0 Å². The Labute approximate surface area is 202 Å². The maximum absolute atomic E-state index is 13.0. The van der Waals surface area contributed by atoms with Gasteiger partial charge in [-0.15, -0.1) is 0 Å². The van der Waals surface area contributed by atoms with Crippen LogP contribution in [0.25, 0.3) is 0 Å². The molecular formula is C28H34N4O2. The molecular weight excluding hydrogens is 424 g/mol. The van der Waals surface area contributed by atoms with E-state index in [1.54, 1.807) is 12.4 Å². The fourth-order valence-electron chi connectivity index (χ4n) is 4.35. The Morgan fingerprint density at radius 2 is 1.76 bits per heavy atom. The molecule has 0 unspecified atom stereocenters. The van der Waals surface area contributed by atoms with E-state index in [-0.39, 0.29) is 12.1 Å². The second kappa shape index (κ2) is 12.2. The third-order valence-corrected chi connectivity index (χ3v) is 6.23. The van der Waals surface area contributed by atoms with E-state index in [2.05, 4.69) is 34.3 Å². The molecule has 1 aliphatic rings. The lowest BCUT2D eigenvalue weighted by Gasteiger charge is -2.38. The SMILES string of the molecule is CCCCN(C(=O)Nc1cccnc1)C1CCN(Cc2ccc(Oc3ccccc3)cc2)CC1. The second-order valence-electron chi connectivity index (χ2n) is 8.79. The largest absolute Gasteiger partial charge is 0.457 e. The van der Waals surface area contributed by atoms with Gasteiger partial charge in [0, 0.05) is 38.4 Å². The molecule has 178 valence electrons. The van der Waals surface area contributed by atoms with E-state index in [4.69, 9.17) is 4.74 Å². The number of carbonyl (C=O) groups is 1. The number of para-hydroxylation sites is 1. The van der Waals surface area contributed by atoms with E-state index >= 15 is 0 Å². The predicted molar refractivity (Wildman–Crippen MR) is 136 cm³/mol. The molecule has 2 aromatic carbocycles. The van der Waals surface area contributed by atoms with Crippen molar-refractivity contribution in [2.75, 3.05) is 25.0 Å². The zero-order chi connectivity index (χ0) is 23.6. The number of unbranched alkanes of at least 4 members (excludes halogenated alkanes) is 1. The van der Waals surface area contributed by atoms with Gasteiger partial charge in [0.05, 0.1) is 11.9 Å². The number of nitrogens with one attached hydrogen (secondary N) is 1. The van der Waals surface area contributed by atoms with Crippen LogP contribution < -0.4 is 10.1 Å². The monoisotopic (exact) mass is 458 g/mol. The molecule has 0 spiro atoms. The number of likely N-dealkylation sites (tertiary alicyclic amines) is 1. The van der Waals surface area contributed by atoms with Crippen molar-refractivity contribution in [3.05, 3.63) is 84.7 Å². The van der Waals surface area contributed by atoms with Gasteiger partial charge in [-0.25, -0.2) is 4.79 Å². The molecule has 3 aromatic rings. The minimum absolute atomic E-state index is 0.0195. The highest BCUT2D eigenvalue weighted by atomic mass is 16.5. The topological polar surface area (TPSA) is 57.7 Å². The first-order valence-electron chi connectivity index (χ1n) is 12.2. The number of urea groups is 1. The molecule has 0 atom stereocenters. The van der Waals surface area contributed by atoms with Crippen molar-refractivity contribution >= 4 is 11.7 Å². The minimum Gasteiger partial charge on any atom is -0.457 e. The van der Waals surface area contributed by atoms with Crippen LogP contribution >= 0.6 is 0 Å². The van der Waals surface area contributed by atoms with Crippen LogP contribution in [0.15, 0.2) is 79.1 Å². The first-order chi connectivity index (χ1) is 16.7. The zero-order valence-corrected chi connectivity index (χ0v) is 19.9. The highest BCUT2D eigenvalue weighted by molar-refractivity contribution is 5.89. The average Bonchev–Trinajstić information content (AvgIpc) is 2.88. The summed E-state index contributed by atoms with van der Waals surface area (Å²) in [7, 11) is 0. The van der Waals surface area contributed by atoms with Crippen LogP contribution in [0.1, 0.15) is 38.2 Å². The third-order valence-electron chi connectivity index (χ3n) is 6.23. The number of hydrogen-bond acceptors (Lipinski definition) is 4. The number of hydrogen-bond donors (Lipinski definition) is 1. The fourth-order valence-corrected chi connectivity index (χ4v) is 4.35. The Hall–Kier alpha value is -3.38. The molecule has 1 fully saturated rings. The molecule has 6 heteroatoms. The van der Waals surface area contributed by atoms with Gasteiger partial charge >= 0.3 is 6.03 Å². The average molecular weight is 459 g/mol. The number of pyridine rings is 1. The molecule has 0 radical (unpaired) electrons. The van der Waals surface area contributed by atoms with Crippen molar-refractivity contribution in [1.82, 2.24) is 14.8 Å². The van der Waals surface area contributed by atoms with Gasteiger partial charge in [0.15, 0.2) is 0 Å². The molecule has 0 aliphatic carbocycles. The summed E-state index contributed by atoms with van der Waals surface area (Å²) in [6, 6.07) is 22.1. The summed E-state index contributed by atoms with van der Waals surface area (Å²) >= 11 is 0. The molecule has 2 heterocycles. The molecule has 0 bridgehead atoms. The standard InChI is InChI=1S/C28H34N4O2/c1-2-3-18-32(28(33)30-24-8-7-17-29-21-24)25-15-19-31(20-16-25)22-23-11-13-27(14-12-23)34-26-9-5-4-6-10-26/h4-14,17,21,25H,2-3,15-16,18-20,22H2,1H3,(H,30,33). The van der Waals surface area contributed by atoms with Crippen LogP contribution in [-0.2, 0) is 6.54 Å². The van der Waals surface area contributed by atoms with Crippen molar-refractivity contribution in [2.24, 2.45) is 0 Å². The first-order valence-corrected chi connectivity index (χ1v) is 12.2. The number of piperidine rings is 1. The van der Waals surface area contributed by atoms with E-state index < -0.39 is 0 Å². The molecule has 2 amide bonds. The quantitative estimate of drug-likeness (QED) is 0.416. The van der Waals surface area contributed by atoms with Crippen LogP contribution in [0.4, 0.5) is 10.5 Å². The Morgan fingerprint density at radius 1 is 1.03 bits per heavy atom. The Balaban J connectivity index is 1.29. The summed E-state index contributed by atoms with van der Waals surface area (Å²) in [4.78, 5) is 21.6. The summed E-state index contributed by atoms with van der Waals surface area (Å²) in [5, 5.41) is 3.02. The number of amides is 2. The van der Waals surface area contributed by atoms with Crippen molar-refractivity contribution in [3.8, 4) is 11.5 Å². The van der Waals surface area contributed by atoms with Gasteiger partial charge in [0.1, 0.15) is 11.5 Å². The van der Waals surface area contributed by atoms with Gasteiger partial charge in [-0.3, -0.25) is 9.88 Å². The normalized spacial score (nSPS) is 14.5. The number of aromatic nitrogens is 1. The Bertz CT molecular complexity index is 1000. The van der Waals surface area contributed by atoms with Gasteiger partial charge in [0.25, 0.3) is 0 Å². The predicted octanol–water partition coefficient (Wildman–Crippen LogP) is 6.17. The molecule has 1 N–H and O–H groups in total. The molecule has 4 rings (SSSR count). The van der Waals surface area contributed by atoms with Crippen LogP contribution in [-0.4, -0.2) is 46.5 Å². The summed E-state index contributed by atoms with van der Waals surface area (Å²) in [6.07, 6.45) is 7.45. The van der Waals surface area contributed by atoms with Gasteiger partial charge < -0.3 is 15.0 Å². The van der Waals surface area contributed by atoms with E-state index in [9.17, 15) is 4.79 Å². The van der Waals surface area contributed by atoms with E-state index in [0.717, 1.165) is 69.0 Å². The highest BCUT2D eigenvalue weighted by Gasteiger charge is 2.27. The molecule has 1 aliphatic heterocycles. The lowest BCUT2D eigenvalue weighted by atomic mass is 10.0. The number of benzene rings is 2. The molecule has 1 aromatic heterocycles. The fraction of sp³-hybridized carbons (Fsp3) is 0.357. The molecule has 1 saturated heterocycles. The number of rotatable bonds is 9. The zero-order valence-electron chi connectivity index (χ0n) is 19.9. The van der Waals surface area contributed by atoms with Crippen LogP contribution in [0.3, 0.4) is 0 Å². The smallest absolute Gasteiger partial charge is 0.322 e. The summed E-state index contributed by atoms with van der Waals surface area (Å²) in [6.45, 7) is 5.83. The van der Waals surface area contributed by atoms with Gasteiger partial charge in [0.2, 0.25) is 0 Å².